The van der Waals surface area contributed by atoms with Gasteiger partial charge in [0.15, 0.2) is 0 Å². The summed E-state index contributed by atoms with van der Waals surface area (Å²) in [7, 11) is 9.59. The second-order valence-electron chi connectivity index (χ2n) is 9.32. The van der Waals surface area contributed by atoms with E-state index in [9.17, 15) is 0 Å². The van der Waals surface area contributed by atoms with Crippen LogP contribution in [0, 0.1) is 5.92 Å². The van der Waals surface area contributed by atoms with Gasteiger partial charge in [-0.3, -0.25) is 4.90 Å². The predicted molar refractivity (Wildman–Crippen MR) is 138 cm³/mol. The third-order valence-electron chi connectivity index (χ3n) is 6.91. The summed E-state index contributed by atoms with van der Waals surface area (Å²) in [5.74, 6) is 0.702. The average Bonchev–Trinajstić information content (AvgIpc) is 2.84. The van der Waals surface area contributed by atoms with E-state index >= 15 is 0 Å². The standard InChI is InChI=1S/C26H40N4.2ClH.Mn/c1-3-9-25(10-4-1)23-29-15-7-13-28-18-17-27(19-21-29)14-8-16-30(22-20-28)24-26-11-5-2-6-12-26;;;/h1-6,9-11,26H,7-8,12-24H2;2*1H;/q;;;+2/p-2. The van der Waals surface area contributed by atoms with Gasteiger partial charge in [0, 0.05) is 52.4 Å². The zero-order valence-electron chi connectivity index (χ0n) is 19.8. The van der Waals surface area contributed by atoms with Crippen LogP contribution in [0.1, 0.15) is 24.8 Å². The monoisotopic (exact) mass is 533 g/mol. The molecule has 2 aliphatic heterocycles. The Hall–Kier alpha value is -0.361. The molecule has 3 unspecified atom stereocenters. The molecule has 0 amide bonds. The van der Waals surface area contributed by atoms with Gasteiger partial charge in [-0.15, -0.1) is 0 Å². The van der Waals surface area contributed by atoms with Gasteiger partial charge < -0.3 is 14.7 Å². The molecule has 0 radical (unpaired) electrons. The Balaban J connectivity index is 0.000000968. The van der Waals surface area contributed by atoms with E-state index in [4.69, 9.17) is 20.2 Å². The molecule has 3 aliphatic rings. The first-order valence-corrected chi connectivity index (χ1v) is 15.7. The Morgan fingerprint density at radius 1 is 0.727 bits per heavy atom. The van der Waals surface area contributed by atoms with Gasteiger partial charge in [0.1, 0.15) is 0 Å². The van der Waals surface area contributed by atoms with Gasteiger partial charge in [-0.25, -0.2) is 0 Å². The van der Waals surface area contributed by atoms with Crippen LogP contribution in [0.3, 0.4) is 0 Å². The summed E-state index contributed by atoms with van der Waals surface area (Å²) in [5, 5.41) is 0. The van der Waals surface area contributed by atoms with E-state index in [1.54, 1.807) is 0 Å². The van der Waals surface area contributed by atoms with Crippen LogP contribution >= 0.6 is 20.2 Å². The topological polar surface area (TPSA) is 13.0 Å². The molecule has 2 saturated heterocycles. The van der Waals surface area contributed by atoms with Crippen molar-refractivity contribution in [3.63, 3.8) is 0 Å². The average molecular weight is 534 g/mol. The molecular formula is C26H40Cl2MnN4. The van der Waals surface area contributed by atoms with Crippen molar-refractivity contribution < 1.29 is 13.1 Å². The third-order valence-corrected chi connectivity index (χ3v) is 6.91. The van der Waals surface area contributed by atoms with Crippen LogP contribution in [-0.2, 0) is 19.7 Å². The molecule has 33 heavy (non-hydrogen) atoms. The Morgan fingerprint density at radius 2 is 1.33 bits per heavy atom. The van der Waals surface area contributed by atoms with E-state index in [1.807, 2.05) is 0 Å². The van der Waals surface area contributed by atoms with Crippen molar-refractivity contribution in [2.24, 2.45) is 5.92 Å². The Labute approximate surface area is 216 Å². The van der Waals surface area contributed by atoms with Crippen molar-refractivity contribution in [2.75, 3.05) is 72.0 Å². The molecule has 4 nitrogen and oxygen atoms in total. The van der Waals surface area contributed by atoms with Crippen molar-refractivity contribution in [2.45, 2.75) is 25.8 Å². The summed E-state index contributed by atoms with van der Waals surface area (Å²) in [6, 6.07) is 11.0. The normalized spacial score (nSPS) is 27.5. The second kappa shape index (κ2) is 16.3. The van der Waals surface area contributed by atoms with E-state index in [0.29, 0.717) is 5.92 Å². The predicted octanol–water partition coefficient (Wildman–Crippen LogP) is 4.71. The summed E-state index contributed by atoms with van der Waals surface area (Å²) in [6.45, 7) is 14.5. The van der Waals surface area contributed by atoms with Gasteiger partial charge in [0.2, 0.25) is 0 Å². The summed E-state index contributed by atoms with van der Waals surface area (Å²) in [4.78, 5) is 10.9. The van der Waals surface area contributed by atoms with E-state index < -0.39 is 0 Å². The van der Waals surface area contributed by atoms with E-state index in [1.165, 1.54) is 96.8 Å². The molecule has 0 saturated carbocycles. The first-order valence-electron chi connectivity index (χ1n) is 12.4. The molecule has 0 spiro atoms. The number of nitrogens with zero attached hydrogens (tertiary/aromatic N) is 4. The van der Waals surface area contributed by atoms with Crippen LogP contribution < -0.4 is 0 Å². The minimum absolute atomic E-state index is 0.00694. The minimum atomic E-state index is 0.00694. The fraction of sp³-hybridized carbons (Fsp3) is 0.615. The molecule has 7 heteroatoms. The van der Waals surface area contributed by atoms with Crippen LogP contribution in [0.15, 0.2) is 54.6 Å². The van der Waals surface area contributed by atoms with Gasteiger partial charge in [0.25, 0.3) is 0 Å². The molecule has 185 valence electrons. The fourth-order valence-electron chi connectivity index (χ4n) is 5.06. The number of rotatable bonds is 4. The maximum absolute atomic E-state index is 4.80. The first-order chi connectivity index (χ1) is 16.3. The number of halogens is 2. The van der Waals surface area contributed by atoms with Gasteiger partial charge >= 0.3 is 33.3 Å². The number of hydrogen-bond acceptors (Lipinski definition) is 4. The Morgan fingerprint density at radius 3 is 1.97 bits per heavy atom. The second-order valence-corrected chi connectivity index (χ2v) is 11.3. The van der Waals surface area contributed by atoms with Gasteiger partial charge in [-0.05, 0) is 56.9 Å². The zero-order valence-corrected chi connectivity index (χ0v) is 22.5. The van der Waals surface area contributed by atoms with Gasteiger partial charge in [-0.2, -0.15) is 0 Å². The number of fused-ring (bicyclic) bond motifs is 3. The quantitative estimate of drug-likeness (QED) is 0.519. The molecule has 1 aromatic rings. The summed E-state index contributed by atoms with van der Waals surface area (Å²) < 4.78 is 0. The van der Waals surface area contributed by atoms with Crippen molar-refractivity contribution >= 4 is 20.2 Å². The Kier molecular flexibility index (Phi) is 13.5. The van der Waals surface area contributed by atoms with Gasteiger partial charge in [-0.1, -0.05) is 54.6 Å². The van der Waals surface area contributed by atoms with Crippen LogP contribution in [-0.4, -0.2) is 91.6 Å². The molecule has 2 bridgehead atoms. The third kappa shape index (κ3) is 10.8. The number of benzene rings is 1. The fourth-order valence-corrected chi connectivity index (χ4v) is 5.06. The molecule has 1 aromatic carbocycles. The van der Waals surface area contributed by atoms with E-state index in [0.717, 1.165) is 6.54 Å². The SMILES string of the molecule is C1=CCC(CN2CCCN3CCN(CCCN(Cc4ccccc4)CC3)CC2)C=C1.[Cl][Mn][Cl]. The van der Waals surface area contributed by atoms with E-state index in [2.05, 4.69) is 74.2 Å². The zero-order chi connectivity index (χ0) is 23.1. The molecular weight excluding hydrogens is 494 g/mol. The van der Waals surface area contributed by atoms with Crippen LogP contribution in [0.2, 0.25) is 0 Å². The van der Waals surface area contributed by atoms with Crippen LogP contribution in [0.25, 0.3) is 0 Å². The number of hydrogen-bond donors (Lipinski definition) is 0. The van der Waals surface area contributed by atoms with Gasteiger partial charge in [0.05, 0.1) is 0 Å². The summed E-state index contributed by atoms with van der Waals surface area (Å²) in [6.07, 6.45) is 12.9. The van der Waals surface area contributed by atoms with Crippen molar-refractivity contribution in [1.82, 2.24) is 19.6 Å². The molecule has 2 heterocycles. The van der Waals surface area contributed by atoms with Crippen molar-refractivity contribution in [1.29, 1.82) is 0 Å². The maximum atomic E-state index is 4.80. The molecule has 3 atom stereocenters. The Bertz CT molecular complexity index is 703. The van der Waals surface area contributed by atoms with Crippen LogP contribution in [0.5, 0.6) is 0 Å². The molecule has 4 rings (SSSR count). The molecule has 0 aromatic heterocycles. The van der Waals surface area contributed by atoms with E-state index in [-0.39, 0.29) is 13.1 Å². The van der Waals surface area contributed by atoms with Crippen molar-refractivity contribution in [3.8, 4) is 0 Å². The molecule has 1 aliphatic carbocycles. The first kappa shape index (κ1) is 27.2. The summed E-state index contributed by atoms with van der Waals surface area (Å²) >= 11 is 0.00694. The van der Waals surface area contributed by atoms with Crippen LogP contribution in [0.4, 0.5) is 0 Å². The molecule has 0 N–H and O–H groups in total. The summed E-state index contributed by atoms with van der Waals surface area (Å²) in [5.41, 5.74) is 1.45. The number of allylic oxidation sites excluding steroid dienone is 3. The van der Waals surface area contributed by atoms with Crippen molar-refractivity contribution in [3.05, 3.63) is 60.2 Å². The molecule has 2 fully saturated rings.